The first-order chi connectivity index (χ1) is 8.76. The van der Waals surface area contributed by atoms with Gasteiger partial charge in [-0.2, -0.15) is 4.98 Å². The first-order valence-electron chi connectivity index (χ1n) is 6.01. The summed E-state index contributed by atoms with van der Waals surface area (Å²) in [6.45, 7) is 2.15. The predicted octanol–water partition coefficient (Wildman–Crippen LogP) is 3.64. The van der Waals surface area contributed by atoms with Gasteiger partial charge in [0.25, 0.3) is 6.01 Å². The number of rotatable bonds is 2. The second-order valence-corrected chi connectivity index (χ2v) is 4.29. The van der Waals surface area contributed by atoms with E-state index in [2.05, 4.69) is 36.2 Å². The third-order valence-electron chi connectivity index (χ3n) is 3.10. The molecule has 0 radical (unpaired) electrons. The monoisotopic (exact) mass is 238 g/mol. The lowest BCUT2D eigenvalue weighted by atomic mass is 10.0. The van der Waals surface area contributed by atoms with Crippen LogP contribution < -0.4 is 5.73 Å². The Bertz CT molecular complexity index is 683. The van der Waals surface area contributed by atoms with Gasteiger partial charge in [0.1, 0.15) is 5.52 Å². The zero-order valence-corrected chi connectivity index (χ0v) is 10.2. The molecule has 3 aromatic rings. The van der Waals surface area contributed by atoms with Crippen molar-refractivity contribution in [2.45, 2.75) is 13.3 Å². The van der Waals surface area contributed by atoms with Crippen molar-refractivity contribution in [1.29, 1.82) is 0 Å². The number of hydrogen-bond donors (Lipinski definition) is 1. The third kappa shape index (κ3) is 1.84. The van der Waals surface area contributed by atoms with Crippen LogP contribution in [0.1, 0.15) is 12.5 Å². The molecule has 1 heterocycles. The Morgan fingerprint density at radius 2 is 1.78 bits per heavy atom. The maximum Gasteiger partial charge on any atom is 0.292 e. The number of nitrogen functional groups attached to an aromatic ring is 1. The van der Waals surface area contributed by atoms with Crippen LogP contribution in [0.2, 0.25) is 0 Å². The molecule has 0 amide bonds. The highest BCUT2D eigenvalue weighted by atomic mass is 16.4. The van der Waals surface area contributed by atoms with Crippen LogP contribution in [0.5, 0.6) is 0 Å². The number of anilines is 1. The summed E-state index contributed by atoms with van der Waals surface area (Å²) in [6, 6.07) is 14.7. The molecule has 0 unspecified atom stereocenters. The maximum atomic E-state index is 5.54. The average molecular weight is 238 g/mol. The zero-order valence-electron chi connectivity index (χ0n) is 10.2. The zero-order chi connectivity index (χ0) is 12.5. The van der Waals surface area contributed by atoms with E-state index < -0.39 is 0 Å². The number of benzene rings is 2. The Balaban J connectivity index is 2.06. The van der Waals surface area contributed by atoms with Crippen molar-refractivity contribution < 1.29 is 4.42 Å². The number of nitrogens with zero attached hydrogens (tertiary/aromatic N) is 1. The maximum absolute atomic E-state index is 5.54. The number of oxazole rings is 1. The molecule has 0 aliphatic carbocycles. The number of fused-ring (bicyclic) bond motifs is 1. The van der Waals surface area contributed by atoms with Crippen LogP contribution in [0.15, 0.2) is 46.9 Å². The Hall–Kier alpha value is -2.29. The molecule has 18 heavy (non-hydrogen) atoms. The molecule has 90 valence electrons. The fraction of sp³-hybridized carbons (Fsp3) is 0.133. The van der Waals surface area contributed by atoms with Crippen LogP contribution in [0.25, 0.3) is 22.2 Å². The molecule has 0 bridgehead atoms. The first kappa shape index (κ1) is 10.8. The lowest BCUT2D eigenvalue weighted by molar-refractivity contribution is 0.626. The van der Waals surface area contributed by atoms with Gasteiger partial charge in [-0.15, -0.1) is 0 Å². The highest BCUT2D eigenvalue weighted by Gasteiger charge is 2.05. The predicted molar refractivity (Wildman–Crippen MR) is 73.2 cm³/mol. The summed E-state index contributed by atoms with van der Waals surface area (Å²) in [6.07, 6.45) is 1.05. The SMILES string of the molecule is CCc1ccc(-c2ccc3oc(N)nc3c2)cc1. The minimum atomic E-state index is 0.212. The summed E-state index contributed by atoms with van der Waals surface area (Å²) < 4.78 is 5.26. The van der Waals surface area contributed by atoms with Crippen LogP contribution in [-0.2, 0) is 6.42 Å². The molecule has 2 N–H and O–H groups in total. The van der Waals surface area contributed by atoms with Crippen molar-refractivity contribution in [3.8, 4) is 11.1 Å². The van der Waals surface area contributed by atoms with E-state index >= 15 is 0 Å². The van der Waals surface area contributed by atoms with E-state index in [1.54, 1.807) is 0 Å². The van der Waals surface area contributed by atoms with Crippen LogP contribution in [0.3, 0.4) is 0 Å². The minimum Gasteiger partial charge on any atom is -0.424 e. The summed E-state index contributed by atoms with van der Waals surface area (Å²) in [5.74, 6) is 0. The van der Waals surface area contributed by atoms with Crippen LogP contribution in [0, 0.1) is 0 Å². The summed E-state index contributed by atoms with van der Waals surface area (Å²) in [5, 5.41) is 0. The number of nitrogens with two attached hydrogens (primary N) is 1. The normalized spacial score (nSPS) is 10.9. The standard InChI is InChI=1S/C15H14N2O/c1-2-10-3-5-11(6-4-10)12-7-8-14-13(9-12)17-15(16)18-14/h3-9H,2H2,1H3,(H2,16,17). The summed E-state index contributed by atoms with van der Waals surface area (Å²) in [4.78, 5) is 4.14. The topological polar surface area (TPSA) is 52.0 Å². The van der Waals surface area contributed by atoms with E-state index in [0.717, 1.165) is 23.1 Å². The molecule has 3 heteroatoms. The molecule has 3 rings (SSSR count). The summed E-state index contributed by atoms with van der Waals surface area (Å²) in [7, 11) is 0. The van der Waals surface area contributed by atoms with Gasteiger partial charge >= 0.3 is 0 Å². The van der Waals surface area contributed by atoms with Crippen LogP contribution >= 0.6 is 0 Å². The van der Waals surface area contributed by atoms with Gasteiger partial charge < -0.3 is 10.2 Å². The Labute approximate surface area is 105 Å². The number of hydrogen-bond acceptors (Lipinski definition) is 3. The minimum absolute atomic E-state index is 0.212. The quantitative estimate of drug-likeness (QED) is 0.741. The molecular weight excluding hydrogens is 224 g/mol. The van der Waals surface area contributed by atoms with E-state index in [1.807, 2.05) is 18.2 Å². The van der Waals surface area contributed by atoms with E-state index in [9.17, 15) is 0 Å². The largest absolute Gasteiger partial charge is 0.424 e. The lowest BCUT2D eigenvalue weighted by Crippen LogP contribution is -1.82. The number of aromatic nitrogens is 1. The highest BCUT2D eigenvalue weighted by Crippen LogP contribution is 2.25. The van der Waals surface area contributed by atoms with E-state index in [0.29, 0.717) is 0 Å². The molecule has 0 spiro atoms. The van der Waals surface area contributed by atoms with Gasteiger partial charge in [0.2, 0.25) is 0 Å². The molecule has 1 aromatic heterocycles. The van der Waals surface area contributed by atoms with Gasteiger partial charge in [-0.3, -0.25) is 0 Å². The second kappa shape index (κ2) is 4.18. The van der Waals surface area contributed by atoms with Gasteiger partial charge in [0.15, 0.2) is 5.58 Å². The smallest absolute Gasteiger partial charge is 0.292 e. The fourth-order valence-corrected chi connectivity index (χ4v) is 2.06. The molecule has 0 aliphatic heterocycles. The van der Waals surface area contributed by atoms with Crippen molar-refractivity contribution in [2.24, 2.45) is 0 Å². The van der Waals surface area contributed by atoms with Crippen molar-refractivity contribution in [3.05, 3.63) is 48.0 Å². The average Bonchev–Trinajstić information content (AvgIpc) is 2.78. The van der Waals surface area contributed by atoms with E-state index in [1.165, 1.54) is 11.1 Å². The molecule has 0 atom stereocenters. The molecular formula is C15H14N2O. The Morgan fingerprint density at radius 3 is 2.50 bits per heavy atom. The Kier molecular flexibility index (Phi) is 2.52. The second-order valence-electron chi connectivity index (χ2n) is 4.29. The van der Waals surface area contributed by atoms with Crippen LogP contribution in [0.4, 0.5) is 6.01 Å². The van der Waals surface area contributed by atoms with Gasteiger partial charge in [0, 0.05) is 0 Å². The summed E-state index contributed by atoms with van der Waals surface area (Å²) >= 11 is 0. The van der Waals surface area contributed by atoms with E-state index in [4.69, 9.17) is 10.2 Å². The van der Waals surface area contributed by atoms with Crippen molar-refractivity contribution >= 4 is 17.1 Å². The van der Waals surface area contributed by atoms with Crippen LogP contribution in [-0.4, -0.2) is 4.98 Å². The molecule has 0 fully saturated rings. The third-order valence-corrected chi connectivity index (χ3v) is 3.10. The summed E-state index contributed by atoms with van der Waals surface area (Å²) in [5.41, 5.74) is 10.7. The van der Waals surface area contributed by atoms with Crippen molar-refractivity contribution in [1.82, 2.24) is 4.98 Å². The molecule has 3 nitrogen and oxygen atoms in total. The van der Waals surface area contributed by atoms with Gasteiger partial charge in [-0.05, 0) is 35.2 Å². The van der Waals surface area contributed by atoms with Gasteiger partial charge in [-0.25, -0.2) is 0 Å². The fourth-order valence-electron chi connectivity index (χ4n) is 2.06. The van der Waals surface area contributed by atoms with Crippen molar-refractivity contribution in [3.63, 3.8) is 0 Å². The lowest BCUT2D eigenvalue weighted by Gasteiger charge is -2.02. The molecule has 0 saturated carbocycles. The first-order valence-corrected chi connectivity index (χ1v) is 6.01. The van der Waals surface area contributed by atoms with Gasteiger partial charge in [-0.1, -0.05) is 37.3 Å². The molecule has 0 aliphatic rings. The highest BCUT2D eigenvalue weighted by molar-refractivity contribution is 5.81. The Morgan fingerprint density at radius 1 is 1.06 bits per heavy atom. The molecule has 0 saturated heterocycles. The van der Waals surface area contributed by atoms with E-state index in [-0.39, 0.29) is 6.01 Å². The molecule has 2 aromatic carbocycles. The number of aryl methyl sites for hydroxylation is 1. The van der Waals surface area contributed by atoms with Crippen molar-refractivity contribution in [2.75, 3.05) is 5.73 Å². The van der Waals surface area contributed by atoms with Gasteiger partial charge in [0.05, 0.1) is 0 Å².